The van der Waals surface area contributed by atoms with Crippen LogP contribution in [0.5, 0.6) is 0 Å². The van der Waals surface area contributed by atoms with Gasteiger partial charge in [0.1, 0.15) is 0 Å². The predicted octanol–water partition coefficient (Wildman–Crippen LogP) is 0.248. The van der Waals surface area contributed by atoms with Gasteiger partial charge in [0.2, 0.25) is 5.91 Å². The number of rotatable bonds is 4. The predicted molar refractivity (Wildman–Crippen MR) is 59.4 cm³/mol. The Bertz CT molecular complexity index is 261. The van der Waals surface area contributed by atoms with Crippen molar-refractivity contribution in [2.45, 2.75) is 37.8 Å². The molecule has 1 heterocycles. The van der Waals surface area contributed by atoms with E-state index in [1.807, 2.05) is 4.90 Å². The largest absolute Gasteiger partial charge is 0.326 e. The average Bonchev–Trinajstić information content (AvgIpc) is 2.88. The van der Waals surface area contributed by atoms with Gasteiger partial charge >= 0.3 is 0 Å². The van der Waals surface area contributed by atoms with Crippen molar-refractivity contribution in [3.63, 3.8) is 0 Å². The number of carbonyl (C=O) groups excluding carboxylic acids is 1. The highest BCUT2D eigenvalue weighted by Crippen LogP contribution is 2.40. The van der Waals surface area contributed by atoms with E-state index in [1.165, 1.54) is 0 Å². The molecule has 1 saturated heterocycles. The SMILES string of the molecule is CC(CCN(C)C)N1CNC2(CC2)C1=O. The third-order valence-corrected chi connectivity index (χ3v) is 3.53. The Balaban J connectivity index is 1.86. The van der Waals surface area contributed by atoms with Gasteiger partial charge in [0, 0.05) is 6.04 Å². The van der Waals surface area contributed by atoms with Gasteiger partial charge in [0.05, 0.1) is 12.2 Å². The molecule has 86 valence electrons. The Morgan fingerprint density at radius 3 is 2.67 bits per heavy atom. The molecule has 4 heteroatoms. The molecule has 1 atom stereocenters. The summed E-state index contributed by atoms with van der Waals surface area (Å²) in [5.74, 6) is 0.328. The molecule has 1 unspecified atom stereocenters. The van der Waals surface area contributed by atoms with Crippen molar-refractivity contribution in [2.75, 3.05) is 27.3 Å². The standard InChI is InChI=1S/C11H21N3O/c1-9(4-7-13(2)3)14-8-12-11(5-6-11)10(14)15/h9,12H,4-8H2,1-3H3. The fraction of sp³-hybridized carbons (Fsp3) is 0.909. The Kier molecular flexibility index (Phi) is 2.73. The third-order valence-electron chi connectivity index (χ3n) is 3.53. The lowest BCUT2D eigenvalue weighted by atomic mass is 10.2. The summed E-state index contributed by atoms with van der Waals surface area (Å²) in [4.78, 5) is 16.2. The maximum absolute atomic E-state index is 12.0. The Morgan fingerprint density at radius 1 is 1.53 bits per heavy atom. The van der Waals surface area contributed by atoms with Crippen molar-refractivity contribution in [1.29, 1.82) is 0 Å². The maximum atomic E-state index is 12.0. The van der Waals surface area contributed by atoms with Gasteiger partial charge in [-0.2, -0.15) is 0 Å². The Morgan fingerprint density at radius 2 is 2.20 bits per heavy atom. The first kappa shape index (κ1) is 10.9. The smallest absolute Gasteiger partial charge is 0.244 e. The van der Waals surface area contributed by atoms with E-state index in [1.54, 1.807) is 0 Å². The molecule has 1 aliphatic heterocycles. The highest BCUT2D eigenvalue weighted by molar-refractivity contribution is 5.91. The van der Waals surface area contributed by atoms with Gasteiger partial charge in [-0.15, -0.1) is 0 Å². The summed E-state index contributed by atoms with van der Waals surface area (Å²) >= 11 is 0. The molecule has 1 N–H and O–H groups in total. The molecule has 0 aromatic rings. The zero-order valence-electron chi connectivity index (χ0n) is 9.92. The van der Waals surface area contributed by atoms with Crippen LogP contribution in [0.2, 0.25) is 0 Å². The van der Waals surface area contributed by atoms with E-state index in [-0.39, 0.29) is 5.54 Å². The highest BCUT2D eigenvalue weighted by atomic mass is 16.2. The maximum Gasteiger partial charge on any atom is 0.244 e. The first-order valence-corrected chi connectivity index (χ1v) is 5.76. The van der Waals surface area contributed by atoms with Gasteiger partial charge in [-0.3, -0.25) is 10.1 Å². The summed E-state index contributed by atoms with van der Waals surface area (Å²) < 4.78 is 0. The first-order valence-electron chi connectivity index (χ1n) is 5.76. The quantitative estimate of drug-likeness (QED) is 0.724. The third kappa shape index (κ3) is 2.01. The topological polar surface area (TPSA) is 35.6 Å². The summed E-state index contributed by atoms with van der Waals surface area (Å²) in [6.07, 6.45) is 3.11. The molecule has 2 aliphatic rings. The van der Waals surface area contributed by atoms with Crippen LogP contribution in [0.3, 0.4) is 0 Å². The van der Waals surface area contributed by atoms with Crippen LogP contribution in [0.1, 0.15) is 26.2 Å². The van der Waals surface area contributed by atoms with Crippen LogP contribution in [-0.4, -0.2) is 54.6 Å². The minimum Gasteiger partial charge on any atom is -0.326 e. The molecule has 1 amide bonds. The second kappa shape index (κ2) is 3.76. The molecule has 0 radical (unpaired) electrons. The summed E-state index contributed by atoms with van der Waals surface area (Å²) in [6.45, 7) is 3.93. The number of nitrogens with zero attached hydrogens (tertiary/aromatic N) is 2. The zero-order valence-corrected chi connectivity index (χ0v) is 9.92. The van der Waals surface area contributed by atoms with Crippen molar-refractivity contribution < 1.29 is 4.79 Å². The summed E-state index contributed by atoms with van der Waals surface area (Å²) in [5, 5.41) is 3.34. The highest BCUT2D eigenvalue weighted by Gasteiger charge is 2.56. The number of nitrogens with one attached hydrogen (secondary N) is 1. The summed E-state index contributed by atoms with van der Waals surface area (Å²) in [7, 11) is 4.14. The van der Waals surface area contributed by atoms with E-state index < -0.39 is 0 Å². The van der Waals surface area contributed by atoms with Crippen LogP contribution in [0.15, 0.2) is 0 Å². The minimum absolute atomic E-state index is 0.133. The van der Waals surface area contributed by atoms with Crippen LogP contribution < -0.4 is 5.32 Å². The molecule has 1 saturated carbocycles. The first-order chi connectivity index (χ1) is 7.05. The van der Waals surface area contributed by atoms with E-state index in [9.17, 15) is 4.79 Å². The molecule has 15 heavy (non-hydrogen) atoms. The lowest BCUT2D eigenvalue weighted by molar-refractivity contribution is -0.131. The van der Waals surface area contributed by atoms with Gasteiger partial charge < -0.3 is 9.80 Å². The average molecular weight is 211 g/mol. The van der Waals surface area contributed by atoms with Crippen molar-refractivity contribution in [3.05, 3.63) is 0 Å². The van der Waals surface area contributed by atoms with E-state index in [0.29, 0.717) is 11.9 Å². The summed E-state index contributed by atoms with van der Waals surface area (Å²) in [5.41, 5.74) is -0.133. The van der Waals surface area contributed by atoms with Gasteiger partial charge in [0.15, 0.2) is 0 Å². The van der Waals surface area contributed by atoms with E-state index >= 15 is 0 Å². The van der Waals surface area contributed by atoms with Gasteiger partial charge in [-0.05, 0) is 46.8 Å². The van der Waals surface area contributed by atoms with Crippen molar-refractivity contribution in [3.8, 4) is 0 Å². The molecule has 1 spiro atoms. The fourth-order valence-corrected chi connectivity index (χ4v) is 2.13. The molecule has 0 bridgehead atoms. The van der Waals surface area contributed by atoms with Crippen LogP contribution in [0.4, 0.5) is 0 Å². The van der Waals surface area contributed by atoms with Crippen LogP contribution in [-0.2, 0) is 4.79 Å². The van der Waals surface area contributed by atoms with Gasteiger partial charge in [0.25, 0.3) is 0 Å². The molecule has 2 fully saturated rings. The lowest BCUT2D eigenvalue weighted by Gasteiger charge is -2.25. The molecule has 0 aromatic heterocycles. The van der Waals surface area contributed by atoms with Gasteiger partial charge in [-0.1, -0.05) is 0 Å². The molecule has 0 aromatic carbocycles. The van der Waals surface area contributed by atoms with E-state index in [0.717, 1.165) is 32.5 Å². The van der Waals surface area contributed by atoms with Crippen molar-refractivity contribution >= 4 is 5.91 Å². The number of amides is 1. The molecule has 1 aliphatic carbocycles. The minimum atomic E-state index is -0.133. The molecular formula is C11H21N3O. The van der Waals surface area contributed by atoms with E-state index in [4.69, 9.17) is 0 Å². The molecular weight excluding hydrogens is 190 g/mol. The molecule has 2 rings (SSSR count). The van der Waals surface area contributed by atoms with Crippen LogP contribution in [0.25, 0.3) is 0 Å². The normalized spacial score (nSPS) is 25.3. The van der Waals surface area contributed by atoms with E-state index in [2.05, 4.69) is 31.2 Å². The second-order valence-corrected chi connectivity index (χ2v) is 5.13. The fourth-order valence-electron chi connectivity index (χ4n) is 2.13. The van der Waals surface area contributed by atoms with Gasteiger partial charge in [-0.25, -0.2) is 0 Å². The number of hydrogen-bond acceptors (Lipinski definition) is 3. The van der Waals surface area contributed by atoms with Crippen LogP contribution >= 0.6 is 0 Å². The monoisotopic (exact) mass is 211 g/mol. The molecule has 4 nitrogen and oxygen atoms in total. The zero-order chi connectivity index (χ0) is 11.1. The number of carbonyl (C=O) groups is 1. The van der Waals surface area contributed by atoms with Crippen LogP contribution in [0, 0.1) is 0 Å². The second-order valence-electron chi connectivity index (χ2n) is 5.13. The van der Waals surface area contributed by atoms with Crippen molar-refractivity contribution in [2.24, 2.45) is 0 Å². The Hall–Kier alpha value is -0.610. The lowest BCUT2D eigenvalue weighted by Crippen LogP contribution is -2.39. The Labute approximate surface area is 91.6 Å². The van der Waals surface area contributed by atoms with Crippen molar-refractivity contribution in [1.82, 2.24) is 15.1 Å². The summed E-state index contributed by atoms with van der Waals surface area (Å²) in [6, 6.07) is 0.354. The number of hydrogen-bond donors (Lipinski definition) is 1.